The molecule has 11 heavy (non-hydrogen) atoms. The second kappa shape index (κ2) is 1.70. The Morgan fingerprint density at radius 2 is 2.36 bits per heavy atom. The molecule has 2 nitrogen and oxygen atoms in total. The first kappa shape index (κ1) is 6.21. The number of hydrogen-bond donors (Lipinski definition) is 2. The Morgan fingerprint density at radius 3 is 3.18 bits per heavy atom. The molecule has 3 rings (SSSR count). The molecule has 1 heterocycles. The van der Waals surface area contributed by atoms with Crippen molar-refractivity contribution in [3.05, 3.63) is 12.2 Å². The van der Waals surface area contributed by atoms with Crippen LogP contribution in [0.25, 0.3) is 0 Å². The summed E-state index contributed by atoms with van der Waals surface area (Å²) in [7, 11) is 0. The summed E-state index contributed by atoms with van der Waals surface area (Å²) in [5, 5.41) is 13.4. The molecular weight excluding hydrogens is 138 g/mol. The number of fused-ring (bicyclic) bond motifs is 5. The van der Waals surface area contributed by atoms with E-state index in [1.807, 2.05) is 6.08 Å². The van der Waals surface area contributed by atoms with Gasteiger partial charge in [-0.3, -0.25) is 0 Å². The van der Waals surface area contributed by atoms with Gasteiger partial charge >= 0.3 is 0 Å². The van der Waals surface area contributed by atoms with Crippen molar-refractivity contribution in [1.29, 1.82) is 0 Å². The number of rotatable bonds is 0. The van der Waals surface area contributed by atoms with Crippen molar-refractivity contribution in [2.75, 3.05) is 13.1 Å². The predicted octanol–water partition coefficient (Wildman–Crippen LogP) is 0.143. The molecule has 0 aromatic heterocycles. The number of aliphatic hydroxyl groups is 1. The van der Waals surface area contributed by atoms with Gasteiger partial charge in [-0.1, -0.05) is 12.2 Å². The van der Waals surface area contributed by atoms with Crippen molar-refractivity contribution in [3.63, 3.8) is 0 Å². The van der Waals surface area contributed by atoms with E-state index >= 15 is 0 Å². The van der Waals surface area contributed by atoms with Crippen LogP contribution in [0, 0.1) is 17.8 Å². The van der Waals surface area contributed by atoms with Gasteiger partial charge in [-0.05, 0) is 24.8 Å². The third-order valence-corrected chi connectivity index (χ3v) is 3.65. The fraction of sp³-hybridized carbons (Fsp3) is 0.778. The molecular formula is C9H13NO. The molecule has 0 aromatic rings. The molecule has 4 unspecified atom stereocenters. The van der Waals surface area contributed by atoms with Crippen LogP contribution in [0.1, 0.15) is 6.42 Å². The predicted molar refractivity (Wildman–Crippen MR) is 42.0 cm³/mol. The molecule has 1 saturated carbocycles. The Labute approximate surface area is 66.3 Å². The van der Waals surface area contributed by atoms with Crippen LogP contribution in [0.3, 0.4) is 0 Å². The van der Waals surface area contributed by atoms with Crippen LogP contribution in [0.5, 0.6) is 0 Å². The third kappa shape index (κ3) is 0.603. The molecule has 2 N–H and O–H groups in total. The summed E-state index contributed by atoms with van der Waals surface area (Å²) in [6.07, 6.45) is 5.21. The Hall–Kier alpha value is -0.340. The summed E-state index contributed by atoms with van der Waals surface area (Å²) in [5.41, 5.74) is -0.432. The van der Waals surface area contributed by atoms with E-state index in [0.717, 1.165) is 25.4 Å². The summed E-state index contributed by atoms with van der Waals surface area (Å²) >= 11 is 0. The van der Waals surface area contributed by atoms with Gasteiger partial charge in [0, 0.05) is 12.5 Å². The Morgan fingerprint density at radius 1 is 1.45 bits per heavy atom. The van der Waals surface area contributed by atoms with Gasteiger partial charge in [0.2, 0.25) is 0 Å². The fourth-order valence-electron chi connectivity index (χ4n) is 3.07. The van der Waals surface area contributed by atoms with Crippen LogP contribution in [-0.2, 0) is 0 Å². The normalized spacial score (nSPS) is 58.8. The third-order valence-electron chi connectivity index (χ3n) is 3.65. The zero-order valence-corrected chi connectivity index (χ0v) is 6.46. The van der Waals surface area contributed by atoms with Crippen molar-refractivity contribution >= 4 is 0 Å². The van der Waals surface area contributed by atoms with Crippen molar-refractivity contribution < 1.29 is 5.11 Å². The average Bonchev–Trinajstić information content (AvgIpc) is 2.53. The molecule has 2 aliphatic carbocycles. The SMILES string of the molecule is OC12C=CC(C1)C1CNCC12. The minimum atomic E-state index is -0.432. The summed E-state index contributed by atoms with van der Waals surface area (Å²) < 4.78 is 0. The molecule has 1 saturated heterocycles. The van der Waals surface area contributed by atoms with Gasteiger partial charge in [0.15, 0.2) is 0 Å². The Bertz CT molecular complexity index is 226. The van der Waals surface area contributed by atoms with Crippen LogP contribution in [0.15, 0.2) is 12.2 Å². The smallest absolute Gasteiger partial charge is 0.0877 e. The van der Waals surface area contributed by atoms with Gasteiger partial charge in [-0.15, -0.1) is 0 Å². The first-order valence-electron chi connectivity index (χ1n) is 4.42. The largest absolute Gasteiger partial charge is 0.385 e. The van der Waals surface area contributed by atoms with E-state index in [9.17, 15) is 5.11 Å². The molecule has 2 fully saturated rings. The van der Waals surface area contributed by atoms with Gasteiger partial charge in [0.1, 0.15) is 0 Å². The van der Waals surface area contributed by atoms with E-state index in [-0.39, 0.29) is 0 Å². The minimum absolute atomic E-state index is 0.432. The molecule has 2 bridgehead atoms. The zero-order valence-electron chi connectivity index (χ0n) is 6.46. The first-order valence-corrected chi connectivity index (χ1v) is 4.42. The maximum Gasteiger partial charge on any atom is 0.0877 e. The minimum Gasteiger partial charge on any atom is -0.385 e. The summed E-state index contributed by atoms with van der Waals surface area (Å²) in [4.78, 5) is 0. The van der Waals surface area contributed by atoms with Crippen molar-refractivity contribution in [3.8, 4) is 0 Å². The van der Waals surface area contributed by atoms with Gasteiger partial charge in [0.25, 0.3) is 0 Å². The second-order valence-corrected chi connectivity index (χ2v) is 4.15. The molecule has 60 valence electrons. The average molecular weight is 151 g/mol. The Balaban J connectivity index is 2.04. The highest BCUT2D eigenvalue weighted by atomic mass is 16.3. The highest BCUT2D eigenvalue weighted by Crippen LogP contribution is 2.51. The van der Waals surface area contributed by atoms with E-state index in [1.165, 1.54) is 0 Å². The molecule has 1 aliphatic heterocycles. The lowest BCUT2D eigenvalue weighted by Gasteiger charge is -2.25. The van der Waals surface area contributed by atoms with Crippen molar-refractivity contribution in [1.82, 2.24) is 5.32 Å². The molecule has 0 aromatic carbocycles. The molecule has 4 atom stereocenters. The number of nitrogens with one attached hydrogen (secondary N) is 1. The van der Waals surface area contributed by atoms with Crippen LogP contribution in [0.4, 0.5) is 0 Å². The fourth-order valence-corrected chi connectivity index (χ4v) is 3.07. The lowest BCUT2D eigenvalue weighted by atomic mass is 9.84. The van der Waals surface area contributed by atoms with Gasteiger partial charge in [-0.2, -0.15) is 0 Å². The number of allylic oxidation sites excluding steroid dienone is 1. The van der Waals surface area contributed by atoms with Crippen LogP contribution in [0.2, 0.25) is 0 Å². The van der Waals surface area contributed by atoms with E-state index in [2.05, 4.69) is 11.4 Å². The number of hydrogen-bond acceptors (Lipinski definition) is 2. The Kier molecular flexibility index (Phi) is 0.958. The maximum absolute atomic E-state index is 10.1. The van der Waals surface area contributed by atoms with E-state index < -0.39 is 5.60 Å². The summed E-state index contributed by atoms with van der Waals surface area (Å²) in [6.45, 7) is 2.13. The zero-order chi connectivity index (χ0) is 7.47. The lowest BCUT2D eigenvalue weighted by molar-refractivity contribution is 0.0533. The molecule has 0 spiro atoms. The van der Waals surface area contributed by atoms with Crippen molar-refractivity contribution in [2.45, 2.75) is 12.0 Å². The quantitative estimate of drug-likeness (QED) is 0.483. The highest BCUT2D eigenvalue weighted by molar-refractivity contribution is 5.24. The van der Waals surface area contributed by atoms with E-state index in [0.29, 0.717) is 11.8 Å². The lowest BCUT2D eigenvalue weighted by Crippen LogP contribution is -2.34. The topological polar surface area (TPSA) is 32.3 Å². The molecule has 0 amide bonds. The first-order chi connectivity index (χ1) is 5.30. The standard InChI is InChI=1S/C9H13NO/c11-9-2-1-6(3-9)7-4-10-5-8(7)9/h1-2,6-8,10-11H,3-5H2. The molecule has 0 radical (unpaired) electrons. The van der Waals surface area contributed by atoms with Crippen LogP contribution in [-0.4, -0.2) is 23.8 Å². The maximum atomic E-state index is 10.1. The van der Waals surface area contributed by atoms with Gasteiger partial charge < -0.3 is 10.4 Å². The van der Waals surface area contributed by atoms with Crippen molar-refractivity contribution in [2.24, 2.45) is 17.8 Å². The van der Waals surface area contributed by atoms with Gasteiger partial charge in [-0.25, -0.2) is 0 Å². The van der Waals surface area contributed by atoms with Gasteiger partial charge in [0.05, 0.1) is 5.60 Å². The summed E-state index contributed by atoms with van der Waals surface area (Å²) in [6, 6.07) is 0. The molecule has 3 aliphatic rings. The van der Waals surface area contributed by atoms with E-state index in [4.69, 9.17) is 0 Å². The monoisotopic (exact) mass is 151 g/mol. The summed E-state index contributed by atoms with van der Waals surface area (Å²) in [5.74, 6) is 1.91. The van der Waals surface area contributed by atoms with E-state index in [1.54, 1.807) is 0 Å². The second-order valence-electron chi connectivity index (χ2n) is 4.15. The van der Waals surface area contributed by atoms with Crippen LogP contribution < -0.4 is 5.32 Å². The highest BCUT2D eigenvalue weighted by Gasteiger charge is 2.55. The van der Waals surface area contributed by atoms with Crippen LogP contribution >= 0.6 is 0 Å². The molecule has 2 heteroatoms.